The summed E-state index contributed by atoms with van der Waals surface area (Å²) in [5.74, 6) is 0.402. The largest absolute Gasteiger partial charge is 0.497 e. The van der Waals surface area contributed by atoms with Crippen molar-refractivity contribution in [3.05, 3.63) is 71.9 Å². The van der Waals surface area contributed by atoms with Gasteiger partial charge in [0.2, 0.25) is 0 Å². The minimum atomic E-state index is -0.293. The summed E-state index contributed by atoms with van der Waals surface area (Å²) in [6.45, 7) is 0. The van der Waals surface area contributed by atoms with E-state index in [0.717, 1.165) is 16.8 Å². The zero-order chi connectivity index (χ0) is 16.8. The van der Waals surface area contributed by atoms with Gasteiger partial charge in [0.1, 0.15) is 5.75 Å². The number of nitrogens with zero attached hydrogens (tertiary/aromatic N) is 2. The number of carbonyl (C=O) groups excluding carboxylic acids is 1. The molecule has 0 saturated heterocycles. The summed E-state index contributed by atoms with van der Waals surface area (Å²) in [4.78, 5) is 12.0. The number of H-pyrrole nitrogens is 1. The first kappa shape index (κ1) is 15.5. The van der Waals surface area contributed by atoms with Crippen LogP contribution >= 0.6 is 0 Å². The molecule has 1 heterocycles. The minimum absolute atomic E-state index is 0.293. The number of benzene rings is 2. The van der Waals surface area contributed by atoms with Crippen LogP contribution in [0.5, 0.6) is 5.75 Å². The van der Waals surface area contributed by atoms with E-state index in [2.05, 4.69) is 20.7 Å². The molecule has 0 aliphatic heterocycles. The molecule has 0 unspecified atom stereocenters. The summed E-state index contributed by atoms with van der Waals surface area (Å²) < 4.78 is 5.06. The number of hydrogen-bond donors (Lipinski definition) is 2. The molecular formula is C18H16N4O2. The zero-order valence-corrected chi connectivity index (χ0v) is 13.1. The van der Waals surface area contributed by atoms with Crippen molar-refractivity contribution >= 4 is 12.1 Å². The van der Waals surface area contributed by atoms with Crippen LogP contribution in [0, 0.1) is 0 Å². The van der Waals surface area contributed by atoms with Crippen molar-refractivity contribution in [2.45, 2.75) is 0 Å². The Morgan fingerprint density at radius 2 is 1.92 bits per heavy atom. The maximum atomic E-state index is 12.0. The van der Waals surface area contributed by atoms with Crippen molar-refractivity contribution in [1.82, 2.24) is 15.6 Å². The summed E-state index contributed by atoms with van der Waals surface area (Å²) >= 11 is 0. The molecule has 0 radical (unpaired) electrons. The average Bonchev–Trinajstić information content (AvgIpc) is 3.11. The zero-order valence-electron chi connectivity index (χ0n) is 13.1. The first-order chi connectivity index (χ1) is 11.8. The van der Waals surface area contributed by atoms with Crippen molar-refractivity contribution in [3.8, 4) is 17.0 Å². The second-order valence-electron chi connectivity index (χ2n) is 4.99. The van der Waals surface area contributed by atoms with Crippen LogP contribution in [0.1, 0.15) is 15.9 Å². The quantitative estimate of drug-likeness (QED) is 0.560. The van der Waals surface area contributed by atoms with E-state index in [0.29, 0.717) is 11.3 Å². The van der Waals surface area contributed by atoms with E-state index in [1.807, 2.05) is 30.3 Å². The minimum Gasteiger partial charge on any atom is -0.497 e. The lowest BCUT2D eigenvalue weighted by molar-refractivity contribution is 0.0955. The van der Waals surface area contributed by atoms with E-state index in [4.69, 9.17) is 4.74 Å². The Kier molecular flexibility index (Phi) is 4.67. The molecule has 0 saturated carbocycles. The molecule has 2 N–H and O–H groups in total. The fraction of sp³-hybridized carbons (Fsp3) is 0.0556. The van der Waals surface area contributed by atoms with Crippen molar-refractivity contribution < 1.29 is 9.53 Å². The van der Waals surface area contributed by atoms with E-state index < -0.39 is 0 Å². The van der Waals surface area contributed by atoms with Gasteiger partial charge in [-0.2, -0.15) is 10.2 Å². The fourth-order valence-corrected chi connectivity index (χ4v) is 2.20. The van der Waals surface area contributed by atoms with Gasteiger partial charge in [0, 0.05) is 16.7 Å². The molecule has 3 aromatic rings. The van der Waals surface area contributed by atoms with Gasteiger partial charge in [-0.15, -0.1) is 0 Å². The number of rotatable bonds is 5. The van der Waals surface area contributed by atoms with Gasteiger partial charge in [-0.1, -0.05) is 30.3 Å². The molecule has 120 valence electrons. The highest BCUT2D eigenvalue weighted by molar-refractivity contribution is 5.95. The molecule has 0 atom stereocenters. The predicted octanol–water partition coefficient (Wildman–Crippen LogP) is 2.85. The first-order valence-electron chi connectivity index (χ1n) is 7.34. The highest BCUT2D eigenvalue weighted by Gasteiger charge is 2.06. The predicted molar refractivity (Wildman–Crippen MR) is 92.1 cm³/mol. The number of hydrogen-bond acceptors (Lipinski definition) is 4. The third-order valence-corrected chi connectivity index (χ3v) is 3.45. The van der Waals surface area contributed by atoms with Gasteiger partial charge in [-0.05, 0) is 24.3 Å². The smallest absolute Gasteiger partial charge is 0.271 e. The Bertz CT molecular complexity index is 839. The van der Waals surface area contributed by atoms with Gasteiger partial charge in [-0.3, -0.25) is 9.89 Å². The summed E-state index contributed by atoms with van der Waals surface area (Å²) in [5.41, 5.74) is 5.64. The van der Waals surface area contributed by atoms with Gasteiger partial charge >= 0.3 is 0 Å². The third-order valence-electron chi connectivity index (χ3n) is 3.45. The maximum Gasteiger partial charge on any atom is 0.271 e. The molecule has 0 bridgehead atoms. The second-order valence-corrected chi connectivity index (χ2v) is 4.99. The number of hydrazone groups is 1. The Labute approximate surface area is 139 Å². The molecule has 0 aliphatic rings. The molecule has 6 heteroatoms. The third kappa shape index (κ3) is 3.49. The van der Waals surface area contributed by atoms with Crippen molar-refractivity contribution in [3.63, 3.8) is 0 Å². The number of amides is 1. The summed E-state index contributed by atoms with van der Waals surface area (Å²) in [6, 6.07) is 16.6. The van der Waals surface area contributed by atoms with Crippen LogP contribution in [0.15, 0.2) is 65.9 Å². The normalized spacial score (nSPS) is 10.7. The van der Waals surface area contributed by atoms with Crippen LogP contribution in [0.4, 0.5) is 0 Å². The van der Waals surface area contributed by atoms with E-state index >= 15 is 0 Å². The number of methoxy groups -OCH3 is 1. The van der Waals surface area contributed by atoms with E-state index in [-0.39, 0.29) is 5.91 Å². The molecule has 0 spiro atoms. The Hall–Kier alpha value is -3.41. The van der Waals surface area contributed by atoms with E-state index in [9.17, 15) is 4.79 Å². The lowest BCUT2D eigenvalue weighted by atomic mass is 10.1. The molecule has 1 amide bonds. The molecule has 6 nitrogen and oxygen atoms in total. The molecule has 1 aromatic heterocycles. The fourth-order valence-electron chi connectivity index (χ4n) is 2.20. The molecule has 2 aromatic carbocycles. The van der Waals surface area contributed by atoms with Crippen LogP contribution in [0.2, 0.25) is 0 Å². The Balaban J connectivity index is 1.68. The van der Waals surface area contributed by atoms with Crippen LogP contribution in [-0.4, -0.2) is 29.4 Å². The SMILES string of the molecule is COc1ccc(C(=O)NN=Cc2cn[nH]c2-c2ccccc2)cc1. The Morgan fingerprint density at radius 1 is 1.17 bits per heavy atom. The van der Waals surface area contributed by atoms with Crippen molar-refractivity contribution in [1.29, 1.82) is 0 Å². The van der Waals surface area contributed by atoms with E-state index in [1.165, 1.54) is 0 Å². The van der Waals surface area contributed by atoms with Crippen LogP contribution in [0.25, 0.3) is 11.3 Å². The number of carbonyl (C=O) groups is 1. The van der Waals surface area contributed by atoms with Crippen LogP contribution < -0.4 is 10.2 Å². The maximum absolute atomic E-state index is 12.0. The number of nitrogens with one attached hydrogen (secondary N) is 2. The second kappa shape index (κ2) is 7.23. The first-order valence-corrected chi connectivity index (χ1v) is 7.34. The van der Waals surface area contributed by atoms with E-state index in [1.54, 1.807) is 43.8 Å². The topological polar surface area (TPSA) is 79.4 Å². The number of aromatic amines is 1. The number of aromatic nitrogens is 2. The van der Waals surface area contributed by atoms with Crippen molar-refractivity contribution in [2.75, 3.05) is 7.11 Å². The summed E-state index contributed by atoms with van der Waals surface area (Å²) in [7, 11) is 1.58. The lowest BCUT2D eigenvalue weighted by Crippen LogP contribution is -2.17. The molecule has 24 heavy (non-hydrogen) atoms. The molecular weight excluding hydrogens is 304 g/mol. The van der Waals surface area contributed by atoms with Crippen LogP contribution in [-0.2, 0) is 0 Å². The monoisotopic (exact) mass is 320 g/mol. The lowest BCUT2D eigenvalue weighted by Gasteiger charge is -2.02. The molecule has 0 fully saturated rings. The van der Waals surface area contributed by atoms with Crippen LogP contribution in [0.3, 0.4) is 0 Å². The molecule has 0 aliphatic carbocycles. The average molecular weight is 320 g/mol. The van der Waals surface area contributed by atoms with Crippen molar-refractivity contribution in [2.24, 2.45) is 5.10 Å². The van der Waals surface area contributed by atoms with Gasteiger partial charge in [0.25, 0.3) is 5.91 Å². The van der Waals surface area contributed by atoms with Gasteiger partial charge in [0.15, 0.2) is 0 Å². The highest BCUT2D eigenvalue weighted by atomic mass is 16.5. The number of ether oxygens (including phenoxy) is 1. The highest BCUT2D eigenvalue weighted by Crippen LogP contribution is 2.19. The van der Waals surface area contributed by atoms with Gasteiger partial charge < -0.3 is 4.74 Å². The van der Waals surface area contributed by atoms with Gasteiger partial charge in [-0.25, -0.2) is 5.43 Å². The molecule has 3 rings (SSSR count). The van der Waals surface area contributed by atoms with Gasteiger partial charge in [0.05, 0.1) is 25.2 Å². The standard InChI is InChI=1S/C18H16N4O2/c1-24-16-9-7-14(8-10-16)18(23)22-20-12-15-11-19-21-17(15)13-5-3-2-4-6-13/h2-12H,1H3,(H,19,21)(H,22,23). The summed E-state index contributed by atoms with van der Waals surface area (Å²) in [5, 5.41) is 11.0. The Morgan fingerprint density at radius 3 is 2.62 bits per heavy atom. The summed E-state index contributed by atoms with van der Waals surface area (Å²) in [6.07, 6.45) is 3.22.